The molecular formula is C22H25O7PS. The summed E-state index contributed by atoms with van der Waals surface area (Å²) in [5.74, 6) is 1.71. The Hall–Kier alpha value is -2.48. The normalized spacial score (nSPS) is 12.4. The minimum Gasteiger partial charge on any atom is -0.457 e. The van der Waals surface area contributed by atoms with Crippen LogP contribution in [0.15, 0.2) is 84.9 Å². The standard InChI is InChI=1S/C18H14O.C4H11O6PS/c1-3-7-15(8-4-1)16-11-13-18(14-12-16)19-17-9-5-2-6-10-17;1-2-3-4(11(5,6)7)12(8,9)10/h1-14H;4H,2-3H2,1H3,(H2,5,6,7)(H,8,9,10). The Balaban J connectivity index is 0.000000248. The molecule has 0 radical (unpaired) electrons. The van der Waals surface area contributed by atoms with Gasteiger partial charge in [0.25, 0.3) is 10.1 Å². The van der Waals surface area contributed by atoms with Crippen molar-refractivity contribution < 1.29 is 32.1 Å². The Morgan fingerprint density at radius 2 is 1.26 bits per heavy atom. The highest BCUT2D eigenvalue weighted by molar-refractivity contribution is 7.93. The predicted octanol–water partition coefficient (Wildman–Crippen LogP) is 5.32. The van der Waals surface area contributed by atoms with Gasteiger partial charge < -0.3 is 14.5 Å². The van der Waals surface area contributed by atoms with Gasteiger partial charge in [-0.15, -0.1) is 0 Å². The quantitative estimate of drug-likeness (QED) is 0.319. The van der Waals surface area contributed by atoms with E-state index >= 15 is 0 Å². The first-order valence-corrected chi connectivity index (χ1v) is 12.7. The van der Waals surface area contributed by atoms with Gasteiger partial charge >= 0.3 is 7.60 Å². The number of hydrogen-bond acceptors (Lipinski definition) is 4. The Labute approximate surface area is 182 Å². The summed E-state index contributed by atoms with van der Waals surface area (Å²) < 4.78 is 45.6. The van der Waals surface area contributed by atoms with Crippen molar-refractivity contribution in [2.24, 2.45) is 0 Å². The maximum absolute atomic E-state index is 10.5. The lowest BCUT2D eigenvalue weighted by Gasteiger charge is -2.13. The number of rotatable bonds is 7. The molecule has 0 aliphatic rings. The minimum atomic E-state index is -4.75. The maximum Gasteiger partial charge on any atom is 0.346 e. The smallest absolute Gasteiger partial charge is 0.346 e. The molecule has 0 amide bonds. The molecule has 3 N–H and O–H groups in total. The third-order valence-corrected chi connectivity index (χ3v) is 7.75. The molecule has 3 aromatic carbocycles. The third kappa shape index (κ3) is 8.28. The lowest BCUT2D eigenvalue weighted by Crippen LogP contribution is -2.20. The lowest BCUT2D eigenvalue weighted by molar-refractivity contribution is 0.361. The first kappa shape index (κ1) is 24.8. The second-order valence-electron chi connectivity index (χ2n) is 6.65. The van der Waals surface area contributed by atoms with Crippen LogP contribution in [0.5, 0.6) is 11.5 Å². The zero-order valence-corrected chi connectivity index (χ0v) is 18.6. The van der Waals surface area contributed by atoms with E-state index in [0.717, 1.165) is 11.5 Å². The van der Waals surface area contributed by atoms with E-state index in [1.807, 2.05) is 60.7 Å². The molecule has 1 atom stereocenters. The van der Waals surface area contributed by atoms with Crippen molar-refractivity contribution in [3.63, 3.8) is 0 Å². The number of para-hydroxylation sites is 1. The lowest BCUT2D eigenvalue weighted by atomic mass is 10.1. The molecule has 166 valence electrons. The van der Waals surface area contributed by atoms with Gasteiger partial charge in [-0.1, -0.05) is 74.0 Å². The fourth-order valence-electron chi connectivity index (χ4n) is 2.71. The monoisotopic (exact) mass is 464 g/mol. The second-order valence-corrected chi connectivity index (χ2v) is 10.4. The predicted molar refractivity (Wildman–Crippen MR) is 121 cm³/mol. The number of ether oxygens (including phenoxy) is 1. The highest BCUT2D eigenvalue weighted by atomic mass is 32.2. The molecule has 0 saturated heterocycles. The van der Waals surface area contributed by atoms with Gasteiger partial charge in [-0.2, -0.15) is 8.42 Å². The van der Waals surface area contributed by atoms with E-state index in [0.29, 0.717) is 0 Å². The van der Waals surface area contributed by atoms with E-state index in [9.17, 15) is 13.0 Å². The fourth-order valence-corrected chi connectivity index (χ4v) is 5.22. The Kier molecular flexibility index (Phi) is 8.98. The average molecular weight is 464 g/mol. The first-order valence-electron chi connectivity index (χ1n) is 9.51. The first-order chi connectivity index (χ1) is 14.6. The van der Waals surface area contributed by atoms with Crippen LogP contribution in [-0.2, 0) is 14.7 Å². The molecule has 0 heterocycles. The maximum atomic E-state index is 10.5. The van der Waals surface area contributed by atoms with Crippen LogP contribution in [0.1, 0.15) is 19.8 Å². The van der Waals surface area contributed by atoms with Crippen LogP contribution in [0, 0.1) is 0 Å². The molecule has 0 aromatic heterocycles. The van der Waals surface area contributed by atoms with Crippen LogP contribution in [-0.4, -0.2) is 27.7 Å². The Bertz CT molecular complexity index is 1080. The van der Waals surface area contributed by atoms with Gasteiger partial charge in [-0.3, -0.25) is 9.12 Å². The summed E-state index contributed by atoms with van der Waals surface area (Å²) in [7, 11) is -9.40. The largest absolute Gasteiger partial charge is 0.457 e. The van der Waals surface area contributed by atoms with Crippen molar-refractivity contribution in [2.45, 2.75) is 24.8 Å². The number of hydrogen-bond donors (Lipinski definition) is 3. The Morgan fingerprint density at radius 1 is 0.806 bits per heavy atom. The molecular weight excluding hydrogens is 439 g/mol. The summed E-state index contributed by atoms with van der Waals surface area (Å²) in [6, 6.07) is 28.3. The van der Waals surface area contributed by atoms with Crippen molar-refractivity contribution in [3.05, 3.63) is 84.9 Å². The van der Waals surface area contributed by atoms with E-state index in [1.54, 1.807) is 6.92 Å². The molecule has 0 aliphatic carbocycles. The van der Waals surface area contributed by atoms with Crippen molar-refractivity contribution in [1.82, 2.24) is 0 Å². The van der Waals surface area contributed by atoms with Gasteiger partial charge in [0.05, 0.1) is 0 Å². The topological polar surface area (TPSA) is 121 Å². The number of benzene rings is 3. The SMILES string of the molecule is CCCC(P(=O)(O)O)S(=O)(=O)O.c1ccc(Oc2ccc(-c3ccccc3)cc2)cc1. The van der Waals surface area contributed by atoms with Gasteiger partial charge in [-0.25, -0.2) is 0 Å². The van der Waals surface area contributed by atoms with Gasteiger partial charge in [0.2, 0.25) is 0 Å². The van der Waals surface area contributed by atoms with Crippen molar-refractivity contribution >= 4 is 17.7 Å². The van der Waals surface area contributed by atoms with Crippen molar-refractivity contribution in [3.8, 4) is 22.6 Å². The summed E-state index contributed by atoms with van der Waals surface area (Å²) >= 11 is 0. The fraction of sp³-hybridized carbons (Fsp3) is 0.182. The molecule has 31 heavy (non-hydrogen) atoms. The van der Waals surface area contributed by atoms with Crippen LogP contribution in [0.3, 0.4) is 0 Å². The third-order valence-electron chi connectivity index (χ3n) is 4.19. The zero-order valence-electron chi connectivity index (χ0n) is 16.9. The molecule has 7 nitrogen and oxygen atoms in total. The molecule has 0 fully saturated rings. The van der Waals surface area contributed by atoms with E-state index in [2.05, 4.69) is 24.3 Å². The molecule has 0 bridgehead atoms. The van der Waals surface area contributed by atoms with Crippen molar-refractivity contribution in [2.75, 3.05) is 0 Å². The van der Waals surface area contributed by atoms with Crippen LogP contribution in [0.4, 0.5) is 0 Å². The van der Waals surface area contributed by atoms with E-state index in [4.69, 9.17) is 19.1 Å². The van der Waals surface area contributed by atoms with Gasteiger partial charge in [0.1, 0.15) is 11.5 Å². The summed E-state index contributed by atoms with van der Waals surface area (Å²) in [4.78, 5) is 15.1. The summed E-state index contributed by atoms with van der Waals surface area (Å²) in [6.07, 6.45) is 0.0265. The van der Waals surface area contributed by atoms with Gasteiger partial charge in [0.15, 0.2) is 4.99 Å². The zero-order chi connectivity index (χ0) is 22.9. The van der Waals surface area contributed by atoms with Crippen LogP contribution < -0.4 is 4.74 Å². The molecule has 0 spiro atoms. The van der Waals surface area contributed by atoms with Gasteiger partial charge in [0, 0.05) is 0 Å². The van der Waals surface area contributed by atoms with Crippen LogP contribution >= 0.6 is 7.60 Å². The second kappa shape index (κ2) is 11.2. The highest BCUT2D eigenvalue weighted by Crippen LogP contribution is 2.45. The van der Waals surface area contributed by atoms with Crippen LogP contribution in [0.2, 0.25) is 0 Å². The molecule has 3 aromatic rings. The van der Waals surface area contributed by atoms with E-state index in [1.165, 1.54) is 11.1 Å². The van der Waals surface area contributed by atoms with E-state index in [-0.39, 0.29) is 12.8 Å². The molecule has 9 heteroatoms. The highest BCUT2D eigenvalue weighted by Gasteiger charge is 2.38. The molecule has 0 saturated carbocycles. The summed E-state index contributed by atoms with van der Waals surface area (Å²) in [6.45, 7) is 1.56. The molecule has 0 aliphatic heterocycles. The molecule has 1 unspecified atom stereocenters. The Morgan fingerprint density at radius 3 is 1.68 bits per heavy atom. The summed E-state index contributed by atoms with van der Waals surface area (Å²) in [5.41, 5.74) is 2.41. The van der Waals surface area contributed by atoms with Crippen LogP contribution in [0.25, 0.3) is 11.1 Å². The molecule has 3 rings (SSSR count). The average Bonchev–Trinajstić information content (AvgIpc) is 2.73. The van der Waals surface area contributed by atoms with E-state index < -0.39 is 22.7 Å². The minimum absolute atomic E-state index is 0.247. The summed E-state index contributed by atoms with van der Waals surface area (Å²) in [5, 5.41) is 0. The van der Waals surface area contributed by atoms with Crippen molar-refractivity contribution in [1.29, 1.82) is 0 Å². The van der Waals surface area contributed by atoms with Gasteiger partial charge in [-0.05, 0) is 41.8 Å².